The van der Waals surface area contributed by atoms with Crippen LogP contribution in [0, 0.1) is 13.8 Å². The lowest BCUT2D eigenvalue weighted by Gasteiger charge is -2.19. The second-order valence-electron chi connectivity index (χ2n) is 6.76. The van der Waals surface area contributed by atoms with Gasteiger partial charge in [0.25, 0.3) is 0 Å². The number of nitrogens with zero attached hydrogens (tertiary/aromatic N) is 1. The van der Waals surface area contributed by atoms with Crippen molar-refractivity contribution in [1.29, 1.82) is 0 Å². The number of benzene rings is 2. The van der Waals surface area contributed by atoms with E-state index in [-0.39, 0.29) is 22.7 Å². The van der Waals surface area contributed by atoms with Gasteiger partial charge < -0.3 is 31.1 Å². The lowest BCUT2D eigenvalue weighted by atomic mass is 10.1. The molecule has 12 heteroatoms. The number of aliphatic carboxylic acids is 2. The zero-order valence-electron chi connectivity index (χ0n) is 17.8. The van der Waals surface area contributed by atoms with Crippen LogP contribution in [-0.4, -0.2) is 52.8 Å². The lowest BCUT2D eigenvalue weighted by Crippen LogP contribution is -2.34. The molecule has 0 aliphatic carbocycles. The molecule has 0 heterocycles. The first-order valence-electron chi connectivity index (χ1n) is 9.30. The van der Waals surface area contributed by atoms with Crippen molar-refractivity contribution in [2.75, 3.05) is 27.9 Å². The van der Waals surface area contributed by atoms with E-state index in [1.165, 1.54) is 57.3 Å². The van der Waals surface area contributed by atoms with Crippen LogP contribution in [0.3, 0.4) is 0 Å². The molecule has 0 spiro atoms. The van der Waals surface area contributed by atoms with E-state index >= 15 is 0 Å². The fourth-order valence-electron chi connectivity index (χ4n) is 2.82. The second-order valence-corrected chi connectivity index (χ2v) is 6.76. The predicted molar refractivity (Wildman–Crippen MR) is 117 cm³/mol. The largest absolute Gasteiger partial charge is 0.474 e. The summed E-state index contributed by atoms with van der Waals surface area (Å²) in [5, 5.41) is 24.5. The second kappa shape index (κ2) is 10.0. The molecule has 2 aromatic carbocycles. The number of nitrogens with one attached hydrogen (secondary N) is 3. The van der Waals surface area contributed by atoms with E-state index in [0.29, 0.717) is 11.1 Å². The van der Waals surface area contributed by atoms with Crippen molar-refractivity contribution in [3.63, 3.8) is 0 Å². The summed E-state index contributed by atoms with van der Waals surface area (Å²) in [5.41, 5.74) is 1.37. The maximum atomic E-state index is 12.4. The Labute approximate surface area is 187 Å². The number of carbonyl (C=O) groups is 6. The van der Waals surface area contributed by atoms with E-state index < -0.39 is 35.6 Å². The third-order valence-electron chi connectivity index (χ3n) is 4.63. The van der Waals surface area contributed by atoms with E-state index in [4.69, 9.17) is 10.2 Å². The molecule has 5 N–H and O–H groups in total. The topological polar surface area (TPSA) is 182 Å². The zero-order chi connectivity index (χ0) is 24.9. The van der Waals surface area contributed by atoms with E-state index in [2.05, 4.69) is 16.0 Å². The van der Waals surface area contributed by atoms with Gasteiger partial charge in [-0.3, -0.25) is 19.2 Å². The Morgan fingerprint density at radius 2 is 1.09 bits per heavy atom. The van der Waals surface area contributed by atoms with Crippen LogP contribution in [0.4, 0.5) is 22.7 Å². The van der Waals surface area contributed by atoms with E-state index in [9.17, 15) is 28.8 Å². The molecule has 0 aliphatic heterocycles. The summed E-state index contributed by atoms with van der Waals surface area (Å²) in [6.07, 6.45) is 0. The molecule has 0 radical (unpaired) electrons. The van der Waals surface area contributed by atoms with Gasteiger partial charge in [0.2, 0.25) is 0 Å². The Hall–Kier alpha value is -4.74. The van der Waals surface area contributed by atoms with Gasteiger partial charge in [0.15, 0.2) is 0 Å². The Morgan fingerprint density at radius 1 is 0.667 bits per heavy atom. The van der Waals surface area contributed by atoms with Crippen molar-refractivity contribution in [1.82, 2.24) is 0 Å². The molecule has 0 fully saturated rings. The molecule has 0 aliphatic rings. The van der Waals surface area contributed by atoms with Crippen molar-refractivity contribution < 1.29 is 39.0 Å². The molecule has 12 nitrogen and oxygen atoms in total. The van der Waals surface area contributed by atoms with Gasteiger partial charge in [0.1, 0.15) is 0 Å². The number of carboxylic acids is 2. The molecule has 2 aromatic rings. The van der Waals surface area contributed by atoms with Crippen LogP contribution >= 0.6 is 0 Å². The third kappa shape index (κ3) is 5.70. The van der Waals surface area contributed by atoms with Gasteiger partial charge in [0, 0.05) is 29.8 Å². The molecule has 0 aromatic heterocycles. The zero-order valence-corrected chi connectivity index (χ0v) is 17.8. The minimum absolute atomic E-state index is 0.135. The quantitative estimate of drug-likeness (QED) is 0.421. The number of carbonyl (C=O) groups excluding carboxylic acids is 4. The molecule has 0 unspecified atom stereocenters. The highest BCUT2D eigenvalue weighted by molar-refractivity contribution is 6.44. The lowest BCUT2D eigenvalue weighted by molar-refractivity contribution is -0.148. The highest BCUT2D eigenvalue weighted by atomic mass is 16.4. The number of rotatable bonds is 4. The maximum absolute atomic E-state index is 12.4. The molecule has 0 saturated heterocycles. The monoisotopic (exact) mass is 456 g/mol. The number of hydrogen-bond donors (Lipinski definition) is 5. The van der Waals surface area contributed by atoms with Crippen LogP contribution in [0.25, 0.3) is 0 Å². The first kappa shape index (κ1) is 24.5. The third-order valence-corrected chi connectivity index (χ3v) is 4.63. The summed E-state index contributed by atoms with van der Waals surface area (Å²) in [6.45, 7) is 3.04. The predicted octanol–water partition coefficient (Wildman–Crippen LogP) is 0.951. The van der Waals surface area contributed by atoms with Crippen LogP contribution < -0.4 is 20.9 Å². The summed E-state index contributed by atoms with van der Waals surface area (Å²) in [7, 11) is 1.26. The Balaban J connectivity index is 2.18. The van der Waals surface area contributed by atoms with Crippen molar-refractivity contribution in [2.24, 2.45) is 0 Å². The number of anilines is 4. The first-order chi connectivity index (χ1) is 15.4. The van der Waals surface area contributed by atoms with Crippen molar-refractivity contribution in [2.45, 2.75) is 13.8 Å². The van der Waals surface area contributed by atoms with Gasteiger partial charge in [0.05, 0.1) is 0 Å². The molecule has 172 valence electrons. The van der Waals surface area contributed by atoms with Gasteiger partial charge in [-0.15, -0.1) is 0 Å². The highest BCUT2D eigenvalue weighted by Crippen LogP contribution is 2.27. The van der Waals surface area contributed by atoms with Crippen LogP contribution in [-0.2, 0) is 28.8 Å². The van der Waals surface area contributed by atoms with Crippen molar-refractivity contribution in [3.8, 4) is 0 Å². The summed E-state index contributed by atoms with van der Waals surface area (Å²) in [4.78, 5) is 70.4. The molecule has 4 amide bonds. The molecule has 2 rings (SSSR count). The fourth-order valence-corrected chi connectivity index (χ4v) is 2.82. The maximum Gasteiger partial charge on any atom is 0.394 e. The summed E-state index contributed by atoms with van der Waals surface area (Å²) in [6, 6.07) is 8.74. The SMILES string of the molecule is Cc1c(NC(=O)C(=O)O)cccc1NC(=O)C(=O)Nc1cccc(N(C)C(=O)C(=O)O)c1C. The van der Waals surface area contributed by atoms with Crippen LogP contribution in [0.1, 0.15) is 11.1 Å². The van der Waals surface area contributed by atoms with E-state index in [0.717, 1.165) is 4.90 Å². The van der Waals surface area contributed by atoms with Gasteiger partial charge in [-0.25, -0.2) is 9.59 Å². The van der Waals surface area contributed by atoms with Gasteiger partial charge in [-0.05, 0) is 49.2 Å². The average Bonchev–Trinajstić information content (AvgIpc) is 2.76. The van der Waals surface area contributed by atoms with E-state index in [1.807, 2.05) is 0 Å². The van der Waals surface area contributed by atoms with Crippen LogP contribution in [0.2, 0.25) is 0 Å². The number of carboxylic acid groups (broad SMARTS) is 2. The molecular formula is C21H20N4O8. The van der Waals surface area contributed by atoms with E-state index in [1.54, 1.807) is 0 Å². The van der Waals surface area contributed by atoms with Crippen molar-refractivity contribution in [3.05, 3.63) is 47.5 Å². The Kier molecular flexibility index (Phi) is 7.47. The normalized spacial score (nSPS) is 10.0. The molecular weight excluding hydrogens is 436 g/mol. The standard InChI is InChI=1S/C21H20N4O8/c1-10-12(6-4-7-13(10)24-18(28)20(30)31)22-16(26)17(27)23-14-8-5-9-15(11(14)2)25(3)19(29)21(32)33/h4-9H,1-3H3,(H,22,26)(H,23,27)(H,24,28)(H,30,31)(H,32,33). The van der Waals surface area contributed by atoms with Gasteiger partial charge in [-0.1, -0.05) is 12.1 Å². The summed E-state index contributed by atoms with van der Waals surface area (Å²) < 4.78 is 0. The smallest absolute Gasteiger partial charge is 0.394 e. The summed E-state index contributed by atoms with van der Waals surface area (Å²) in [5.74, 6) is -7.88. The minimum atomic E-state index is -1.68. The minimum Gasteiger partial charge on any atom is -0.474 e. The first-order valence-corrected chi connectivity index (χ1v) is 9.30. The Morgan fingerprint density at radius 3 is 1.55 bits per heavy atom. The fraction of sp³-hybridized carbons (Fsp3) is 0.143. The van der Waals surface area contributed by atoms with Crippen molar-refractivity contribution >= 4 is 58.3 Å². The summed E-state index contributed by atoms with van der Waals surface area (Å²) >= 11 is 0. The number of amides is 4. The highest BCUT2D eigenvalue weighted by Gasteiger charge is 2.22. The van der Waals surface area contributed by atoms with Gasteiger partial charge >= 0.3 is 35.6 Å². The van der Waals surface area contributed by atoms with Crippen LogP contribution in [0.15, 0.2) is 36.4 Å². The molecule has 0 bridgehead atoms. The van der Waals surface area contributed by atoms with Crippen LogP contribution in [0.5, 0.6) is 0 Å². The molecule has 33 heavy (non-hydrogen) atoms. The Bertz CT molecular complexity index is 1170. The molecule has 0 atom stereocenters. The molecule has 0 saturated carbocycles. The average molecular weight is 456 g/mol. The number of hydrogen-bond acceptors (Lipinski definition) is 6. The number of likely N-dealkylation sites (N-methyl/N-ethyl adjacent to an activating group) is 1. The van der Waals surface area contributed by atoms with Gasteiger partial charge in [-0.2, -0.15) is 0 Å².